The van der Waals surface area contributed by atoms with E-state index >= 15 is 0 Å². The minimum atomic E-state index is 0.304. The molecule has 1 heterocycles. The average Bonchev–Trinajstić information content (AvgIpc) is 2.53. The van der Waals surface area contributed by atoms with Gasteiger partial charge in [0.15, 0.2) is 0 Å². The van der Waals surface area contributed by atoms with Crippen molar-refractivity contribution >= 4 is 0 Å². The second-order valence-electron chi connectivity index (χ2n) is 4.39. The van der Waals surface area contributed by atoms with Crippen molar-refractivity contribution in [1.29, 1.82) is 0 Å². The molecule has 0 aliphatic heterocycles. The number of imidazole rings is 1. The van der Waals surface area contributed by atoms with Gasteiger partial charge in [-0.05, 0) is 26.2 Å². The lowest BCUT2D eigenvalue weighted by Gasteiger charge is -2.19. The smallest absolute Gasteiger partial charge is 0.122 e. The largest absolute Gasteiger partial charge is 0.347 e. The van der Waals surface area contributed by atoms with Gasteiger partial charge in [-0.2, -0.15) is 0 Å². The first-order chi connectivity index (χ1) is 6.59. The van der Waals surface area contributed by atoms with Crippen molar-refractivity contribution in [2.45, 2.75) is 46.2 Å². The first kappa shape index (κ1) is 11.2. The highest BCUT2D eigenvalue weighted by Gasteiger charge is 2.11. The Morgan fingerprint density at radius 2 is 2.07 bits per heavy atom. The van der Waals surface area contributed by atoms with Crippen molar-refractivity contribution in [3.05, 3.63) is 18.2 Å². The van der Waals surface area contributed by atoms with Crippen LogP contribution in [-0.2, 0) is 0 Å². The van der Waals surface area contributed by atoms with Gasteiger partial charge < -0.3 is 10.3 Å². The van der Waals surface area contributed by atoms with Gasteiger partial charge in [-0.25, -0.2) is 4.98 Å². The van der Waals surface area contributed by atoms with Crippen LogP contribution in [0.3, 0.4) is 0 Å². The Hall–Kier alpha value is -0.830. The number of aromatic amines is 1. The van der Waals surface area contributed by atoms with E-state index in [0.29, 0.717) is 12.1 Å². The van der Waals surface area contributed by atoms with Gasteiger partial charge in [0, 0.05) is 18.4 Å². The van der Waals surface area contributed by atoms with Crippen molar-refractivity contribution in [3.8, 4) is 0 Å². The third-order valence-corrected chi connectivity index (χ3v) is 2.29. The Labute approximate surface area is 86.3 Å². The topological polar surface area (TPSA) is 40.7 Å². The van der Waals surface area contributed by atoms with Gasteiger partial charge in [0.25, 0.3) is 0 Å². The molecule has 0 aliphatic rings. The molecule has 2 atom stereocenters. The standard InChI is InChI=1S/C11H21N3/c1-8(2)7-9(3)14-10(4)11-12-5-6-13-11/h5-6,8-10,14H,7H2,1-4H3,(H,12,13). The van der Waals surface area contributed by atoms with Crippen LogP contribution < -0.4 is 5.32 Å². The Morgan fingerprint density at radius 3 is 2.57 bits per heavy atom. The Bertz CT molecular complexity index is 241. The fraction of sp³-hybridized carbons (Fsp3) is 0.727. The SMILES string of the molecule is CC(C)CC(C)NC(C)c1ncc[nH]1. The molecule has 0 spiro atoms. The molecule has 2 N–H and O–H groups in total. The summed E-state index contributed by atoms with van der Waals surface area (Å²) in [6.45, 7) is 8.85. The third-order valence-electron chi connectivity index (χ3n) is 2.29. The van der Waals surface area contributed by atoms with Crippen LogP contribution in [0.5, 0.6) is 0 Å². The van der Waals surface area contributed by atoms with E-state index in [1.807, 2.05) is 6.20 Å². The van der Waals surface area contributed by atoms with Crippen LogP contribution in [0.25, 0.3) is 0 Å². The first-order valence-corrected chi connectivity index (χ1v) is 5.35. The summed E-state index contributed by atoms with van der Waals surface area (Å²) in [5, 5.41) is 3.52. The number of H-pyrrole nitrogens is 1. The molecule has 0 aliphatic carbocycles. The van der Waals surface area contributed by atoms with Crippen molar-refractivity contribution in [1.82, 2.24) is 15.3 Å². The number of nitrogens with zero attached hydrogens (tertiary/aromatic N) is 1. The summed E-state index contributed by atoms with van der Waals surface area (Å²) in [6.07, 6.45) is 4.85. The zero-order chi connectivity index (χ0) is 10.6. The summed E-state index contributed by atoms with van der Waals surface area (Å²) in [5.74, 6) is 1.75. The molecule has 0 saturated heterocycles. The Balaban J connectivity index is 2.37. The zero-order valence-electron chi connectivity index (χ0n) is 9.54. The predicted molar refractivity (Wildman–Crippen MR) is 59.1 cm³/mol. The summed E-state index contributed by atoms with van der Waals surface area (Å²) in [5.41, 5.74) is 0. The summed E-state index contributed by atoms with van der Waals surface area (Å²) in [4.78, 5) is 7.35. The maximum atomic E-state index is 4.23. The second-order valence-corrected chi connectivity index (χ2v) is 4.39. The molecule has 80 valence electrons. The molecule has 0 fully saturated rings. The van der Waals surface area contributed by atoms with E-state index in [1.165, 1.54) is 6.42 Å². The molecule has 0 radical (unpaired) electrons. The van der Waals surface area contributed by atoms with Gasteiger partial charge >= 0.3 is 0 Å². The van der Waals surface area contributed by atoms with Gasteiger partial charge in [0.05, 0.1) is 6.04 Å². The van der Waals surface area contributed by atoms with Gasteiger partial charge in [-0.3, -0.25) is 0 Å². The van der Waals surface area contributed by atoms with E-state index in [1.54, 1.807) is 6.20 Å². The van der Waals surface area contributed by atoms with Crippen LogP contribution in [0.2, 0.25) is 0 Å². The van der Waals surface area contributed by atoms with Crippen molar-refractivity contribution < 1.29 is 0 Å². The molecular weight excluding hydrogens is 174 g/mol. The van der Waals surface area contributed by atoms with E-state index in [9.17, 15) is 0 Å². The van der Waals surface area contributed by atoms with E-state index in [2.05, 4.69) is 43.0 Å². The van der Waals surface area contributed by atoms with Gasteiger partial charge in [0.2, 0.25) is 0 Å². The average molecular weight is 195 g/mol. The maximum Gasteiger partial charge on any atom is 0.122 e. The monoisotopic (exact) mass is 195 g/mol. The van der Waals surface area contributed by atoms with Crippen LogP contribution in [-0.4, -0.2) is 16.0 Å². The molecule has 0 saturated carbocycles. The summed E-state index contributed by atoms with van der Waals surface area (Å²) in [7, 11) is 0. The molecule has 0 amide bonds. The van der Waals surface area contributed by atoms with E-state index in [0.717, 1.165) is 11.7 Å². The fourth-order valence-corrected chi connectivity index (χ4v) is 1.80. The van der Waals surface area contributed by atoms with Gasteiger partial charge in [0.1, 0.15) is 5.82 Å². The molecular formula is C11H21N3. The molecule has 3 heteroatoms. The van der Waals surface area contributed by atoms with E-state index in [4.69, 9.17) is 0 Å². The quantitative estimate of drug-likeness (QED) is 0.758. The number of aromatic nitrogens is 2. The van der Waals surface area contributed by atoms with Crippen LogP contribution in [0.1, 0.15) is 46.0 Å². The highest BCUT2D eigenvalue weighted by molar-refractivity contribution is 4.94. The lowest BCUT2D eigenvalue weighted by molar-refractivity contribution is 0.400. The molecule has 1 aromatic heterocycles. The second kappa shape index (κ2) is 5.15. The third kappa shape index (κ3) is 3.50. The predicted octanol–water partition coefficient (Wildman–Crippen LogP) is 2.49. The summed E-state index contributed by atoms with van der Waals surface area (Å²) in [6, 6.07) is 0.842. The minimum absolute atomic E-state index is 0.304. The molecule has 0 aromatic carbocycles. The molecule has 1 rings (SSSR count). The van der Waals surface area contributed by atoms with Crippen molar-refractivity contribution in [3.63, 3.8) is 0 Å². The number of rotatable bonds is 5. The Morgan fingerprint density at radius 1 is 1.36 bits per heavy atom. The highest BCUT2D eigenvalue weighted by atomic mass is 15.0. The van der Waals surface area contributed by atoms with Gasteiger partial charge in [-0.15, -0.1) is 0 Å². The molecule has 2 unspecified atom stereocenters. The van der Waals surface area contributed by atoms with Crippen LogP contribution in [0.15, 0.2) is 12.4 Å². The van der Waals surface area contributed by atoms with E-state index in [-0.39, 0.29) is 0 Å². The Kier molecular flexibility index (Phi) is 4.14. The van der Waals surface area contributed by atoms with Crippen molar-refractivity contribution in [2.75, 3.05) is 0 Å². The number of nitrogens with one attached hydrogen (secondary N) is 2. The molecule has 14 heavy (non-hydrogen) atoms. The van der Waals surface area contributed by atoms with Crippen molar-refractivity contribution in [2.24, 2.45) is 5.92 Å². The van der Waals surface area contributed by atoms with Gasteiger partial charge in [-0.1, -0.05) is 13.8 Å². The summed E-state index contributed by atoms with van der Waals surface area (Å²) < 4.78 is 0. The first-order valence-electron chi connectivity index (χ1n) is 5.35. The van der Waals surface area contributed by atoms with Crippen LogP contribution in [0.4, 0.5) is 0 Å². The lowest BCUT2D eigenvalue weighted by Crippen LogP contribution is -2.30. The molecule has 3 nitrogen and oxygen atoms in total. The lowest BCUT2D eigenvalue weighted by atomic mass is 10.0. The number of hydrogen-bond acceptors (Lipinski definition) is 2. The molecule has 1 aromatic rings. The van der Waals surface area contributed by atoms with Crippen LogP contribution >= 0.6 is 0 Å². The van der Waals surface area contributed by atoms with E-state index < -0.39 is 0 Å². The summed E-state index contributed by atoms with van der Waals surface area (Å²) >= 11 is 0. The molecule has 0 bridgehead atoms. The minimum Gasteiger partial charge on any atom is -0.347 e. The highest BCUT2D eigenvalue weighted by Crippen LogP contribution is 2.10. The van der Waals surface area contributed by atoms with Crippen LogP contribution in [0, 0.1) is 5.92 Å². The maximum absolute atomic E-state index is 4.23. The zero-order valence-corrected chi connectivity index (χ0v) is 9.54. The number of hydrogen-bond donors (Lipinski definition) is 2. The fourth-order valence-electron chi connectivity index (χ4n) is 1.80. The normalized spacial score (nSPS) is 15.8.